The highest BCUT2D eigenvalue weighted by Crippen LogP contribution is 2.25. The van der Waals surface area contributed by atoms with Gasteiger partial charge in [0.2, 0.25) is 0 Å². The van der Waals surface area contributed by atoms with Crippen LogP contribution in [-0.4, -0.2) is 22.7 Å². The van der Waals surface area contributed by atoms with E-state index < -0.39 is 6.10 Å². The van der Waals surface area contributed by atoms with Crippen molar-refractivity contribution in [2.75, 3.05) is 6.54 Å². The molecule has 0 aliphatic carbocycles. The zero-order valence-corrected chi connectivity index (χ0v) is 12.7. The van der Waals surface area contributed by atoms with Gasteiger partial charge in [-0.25, -0.2) is 0 Å². The maximum Gasteiger partial charge on any atom is 0.256 e. The number of carbonyl (C=O) groups excluding carboxylic acids is 1. The Hall–Kier alpha value is -2.80. The maximum atomic E-state index is 12.1. The number of aromatic nitrogens is 1. The normalized spacial score (nSPS) is 12.3. The molecule has 0 aromatic carbocycles. The smallest absolute Gasteiger partial charge is 0.256 e. The van der Waals surface area contributed by atoms with E-state index in [1.54, 1.807) is 38.1 Å². The van der Waals surface area contributed by atoms with Crippen molar-refractivity contribution in [1.82, 2.24) is 10.5 Å². The monoisotopic (exact) mass is 316 g/mol. The van der Waals surface area contributed by atoms with Crippen molar-refractivity contribution in [2.45, 2.75) is 20.0 Å². The van der Waals surface area contributed by atoms with E-state index in [-0.39, 0.29) is 12.5 Å². The third kappa shape index (κ3) is 3.04. The Labute approximate surface area is 131 Å². The molecule has 3 heterocycles. The summed E-state index contributed by atoms with van der Waals surface area (Å²) >= 11 is 0. The number of amides is 1. The van der Waals surface area contributed by atoms with Crippen LogP contribution < -0.4 is 5.32 Å². The zero-order valence-electron chi connectivity index (χ0n) is 12.7. The molecule has 0 aliphatic heterocycles. The number of nitrogens with zero attached hydrogens (tertiary/aromatic N) is 1. The molecule has 0 bridgehead atoms. The first-order chi connectivity index (χ1) is 11.1. The lowest BCUT2D eigenvalue weighted by atomic mass is 10.2. The predicted molar refractivity (Wildman–Crippen MR) is 79.7 cm³/mol. The summed E-state index contributed by atoms with van der Waals surface area (Å²) in [6.07, 6.45) is 0.570. The van der Waals surface area contributed by atoms with Gasteiger partial charge in [-0.05, 0) is 38.1 Å². The predicted octanol–water partition coefficient (Wildman–Crippen LogP) is 2.61. The average molecular weight is 316 g/mol. The van der Waals surface area contributed by atoms with Crippen LogP contribution in [0.15, 0.2) is 43.9 Å². The van der Waals surface area contributed by atoms with Crippen molar-refractivity contribution in [3.05, 3.63) is 53.3 Å². The first-order valence-electron chi connectivity index (χ1n) is 7.09. The molecule has 3 aromatic rings. The molecule has 23 heavy (non-hydrogen) atoms. The van der Waals surface area contributed by atoms with Crippen LogP contribution in [0.25, 0.3) is 11.5 Å². The quantitative estimate of drug-likeness (QED) is 0.750. The van der Waals surface area contributed by atoms with Gasteiger partial charge >= 0.3 is 0 Å². The number of hydrogen-bond acceptors (Lipinski definition) is 6. The van der Waals surface area contributed by atoms with Crippen molar-refractivity contribution < 1.29 is 23.3 Å². The van der Waals surface area contributed by atoms with Crippen LogP contribution in [0.1, 0.15) is 33.7 Å². The fourth-order valence-electron chi connectivity index (χ4n) is 2.27. The van der Waals surface area contributed by atoms with Crippen LogP contribution >= 0.6 is 0 Å². The number of rotatable bonds is 5. The molecule has 1 amide bonds. The summed E-state index contributed by atoms with van der Waals surface area (Å²) in [7, 11) is 0. The zero-order chi connectivity index (χ0) is 16.4. The molecule has 0 saturated heterocycles. The van der Waals surface area contributed by atoms with Gasteiger partial charge in [-0.1, -0.05) is 5.16 Å². The van der Waals surface area contributed by atoms with Gasteiger partial charge in [-0.15, -0.1) is 0 Å². The highest BCUT2D eigenvalue weighted by atomic mass is 16.5. The van der Waals surface area contributed by atoms with Gasteiger partial charge < -0.3 is 23.8 Å². The number of aryl methyl sites for hydroxylation is 2. The summed E-state index contributed by atoms with van der Waals surface area (Å²) in [5.74, 6) is 1.52. The summed E-state index contributed by atoms with van der Waals surface area (Å²) in [6, 6.07) is 6.85. The molecule has 0 radical (unpaired) electrons. The van der Waals surface area contributed by atoms with Gasteiger partial charge in [0, 0.05) is 0 Å². The molecule has 120 valence electrons. The van der Waals surface area contributed by atoms with Crippen molar-refractivity contribution in [3.8, 4) is 11.5 Å². The molecule has 3 aromatic heterocycles. The van der Waals surface area contributed by atoms with Crippen LogP contribution in [0.4, 0.5) is 0 Å². The Morgan fingerprint density at radius 2 is 2.13 bits per heavy atom. The molecule has 3 rings (SSSR count). The Bertz CT molecular complexity index is 781. The number of aliphatic hydroxyl groups excluding tert-OH is 1. The standard InChI is InChI=1S/C16H16N2O5/c1-9-15(10(2)23-18-9)16(20)17-8-11(19)12-5-6-14(22-12)13-4-3-7-21-13/h3-7,11,19H,8H2,1-2H3,(H,17,20). The van der Waals surface area contributed by atoms with Gasteiger partial charge in [0.15, 0.2) is 11.5 Å². The highest BCUT2D eigenvalue weighted by molar-refractivity contribution is 5.96. The fourth-order valence-corrected chi connectivity index (χ4v) is 2.27. The fraction of sp³-hybridized carbons (Fsp3) is 0.250. The number of hydrogen-bond donors (Lipinski definition) is 2. The summed E-state index contributed by atoms with van der Waals surface area (Å²) in [5, 5.41) is 16.5. The van der Waals surface area contributed by atoms with Gasteiger partial charge in [0.1, 0.15) is 23.2 Å². The summed E-state index contributed by atoms with van der Waals surface area (Å²) in [6.45, 7) is 3.35. The third-order valence-electron chi connectivity index (χ3n) is 3.44. The minimum Gasteiger partial charge on any atom is -0.461 e. The average Bonchev–Trinajstić information content (AvgIpc) is 3.25. The van der Waals surface area contributed by atoms with E-state index in [1.165, 1.54) is 6.26 Å². The molecule has 0 aliphatic rings. The Morgan fingerprint density at radius 3 is 2.78 bits per heavy atom. The number of carbonyl (C=O) groups is 1. The van der Waals surface area contributed by atoms with Gasteiger partial charge in [-0.2, -0.15) is 0 Å². The van der Waals surface area contributed by atoms with Crippen molar-refractivity contribution in [1.29, 1.82) is 0 Å². The first kappa shape index (κ1) is 15.1. The molecule has 0 saturated carbocycles. The van der Waals surface area contributed by atoms with Crippen LogP contribution in [0.2, 0.25) is 0 Å². The SMILES string of the molecule is Cc1noc(C)c1C(=O)NCC(O)c1ccc(-c2ccco2)o1. The highest BCUT2D eigenvalue weighted by Gasteiger charge is 2.20. The van der Waals surface area contributed by atoms with E-state index in [0.717, 1.165) is 0 Å². The molecule has 7 heteroatoms. The van der Waals surface area contributed by atoms with Gasteiger partial charge in [0.05, 0.1) is 18.5 Å². The third-order valence-corrected chi connectivity index (χ3v) is 3.44. The van der Waals surface area contributed by atoms with Crippen molar-refractivity contribution in [2.24, 2.45) is 0 Å². The van der Waals surface area contributed by atoms with Crippen LogP contribution in [0.3, 0.4) is 0 Å². The molecular formula is C16H16N2O5. The van der Waals surface area contributed by atoms with E-state index in [0.29, 0.717) is 34.3 Å². The Balaban J connectivity index is 1.64. The molecule has 2 N–H and O–H groups in total. The minimum absolute atomic E-state index is 0.00794. The second-order valence-corrected chi connectivity index (χ2v) is 5.10. The minimum atomic E-state index is -0.969. The number of nitrogens with one attached hydrogen (secondary N) is 1. The second-order valence-electron chi connectivity index (χ2n) is 5.10. The molecule has 7 nitrogen and oxygen atoms in total. The van der Waals surface area contributed by atoms with E-state index in [2.05, 4.69) is 10.5 Å². The van der Waals surface area contributed by atoms with E-state index in [9.17, 15) is 9.90 Å². The maximum absolute atomic E-state index is 12.1. The lowest BCUT2D eigenvalue weighted by Gasteiger charge is -2.09. The summed E-state index contributed by atoms with van der Waals surface area (Å²) in [5.41, 5.74) is 0.889. The van der Waals surface area contributed by atoms with Crippen molar-refractivity contribution in [3.63, 3.8) is 0 Å². The van der Waals surface area contributed by atoms with Crippen LogP contribution in [0.5, 0.6) is 0 Å². The number of furan rings is 2. The largest absolute Gasteiger partial charge is 0.461 e. The molecular weight excluding hydrogens is 300 g/mol. The molecule has 0 fully saturated rings. The lowest BCUT2D eigenvalue weighted by Crippen LogP contribution is -2.28. The summed E-state index contributed by atoms with van der Waals surface area (Å²) in [4.78, 5) is 12.1. The molecule has 1 atom stereocenters. The van der Waals surface area contributed by atoms with Crippen LogP contribution in [0, 0.1) is 13.8 Å². The number of aliphatic hydroxyl groups is 1. The topological polar surface area (TPSA) is 102 Å². The lowest BCUT2D eigenvalue weighted by molar-refractivity contribution is 0.0899. The van der Waals surface area contributed by atoms with Crippen molar-refractivity contribution >= 4 is 5.91 Å². The van der Waals surface area contributed by atoms with Gasteiger partial charge in [0.25, 0.3) is 5.91 Å². The van der Waals surface area contributed by atoms with E-state index in [4.69, 9.17) is 13.4 Å². The summed E-state index contributed by atoms with van der Waals surface area (Å²) < 4.78 is 15.7. The van der Waals surface area contributed by atoms with Gasteiger partial charge in [-0.3, -0.25) is 4.79 Å². The molecule has 1 unspecified atom stereocenters. The van der Waals surface area contributed by atoms with E-state index >= 15 is 0 Å². The Kier molecular flexibility index (Phi) is 4.03. The Morgan fingerprint density at radius 1 is 1.30 bits per heavy atom. The first-order valence-corrected chi connectivity index (χ1v) is 7.09. The molecule has 0 spiro atoms. The van der Waals surface area contributed by atoms with Crippen LogP contribution in [-0.2, 0) is 0 Å². The van der Waals surface area contributed by atoms with E-state index in [1.807, 2.05) is 0 Å². The second kappa shape index (κ2) is 6.13.